The largest absolute Gasteiger partial charge is 0.164 e. The van der Waals surface area contributed by atoms with Crippen LogP contribution in [0.25, 0.3) is 21.9 Å². The zero-order chi connectivity index (χ0) is 12.5. The molecule has 0 spiro atoms. The van der Waals surface area contributed by atoms with Crippen molar-refractivity contribution >= 4 is 35.6 Å². The molecular weight excluding hydrogens is 378 g/mol. The SMILES string of the molecule is CCc1cc2c(-c3ccccc3)ccc(C)c2[cH-]1.Cl.Cl.[Zr]. The Morgan fingerprint density at radius 2 is 1.62 bits per heavy atom. The van der Waals surface area contributed by atoms with Crippen LogP contribution in [0.2, 0.25) is 0 Å². The maximum Gasteiger partial charge on any atom is 0 e. The zero-order valence-corrected chi connectivity index (χ0v) is 16.3. The van der Waals surface area contributed by atoms with Crippen molar-refractivity contribution in [3.8, 4) is 11.1 Å². The number of hydrogen-bond donors (Lipinski definition) is 0. The quantitative estimate of drug-likeness (QED) is 0.470. The van der Waals surface area contributed by atoms with E-state index in [4.69, 9.17) is 0 Å². The topological polar surface area (TPSA) is 0 Å². The van der Waals surface area contributed by atoms with Gasteiger partial charge in [0.25, 0.3) is 0 Å². The van der Waals surface area contributed by atoms with Crippen molar-refractivity contribution in [1.29, 1.82) is 0 Å². The number of benzene rings is 2. The number of rotatable bonds is 2. The average molecular weight is 397 g/mol. The fourth-order valence-electron chi connectivity index (χ4n) is 2.58. The van der Waals surface area contributed by atoms with Gasteiger partial charge in [-0.1, -0.05) is 55.8 Å². The molecule has 0 aliphatic heterocycles. The van der Waals surface area contributed by atoms with Gasteiger partial charge in [0, 0.05) is 26.2 Å². The second-order valence-corrected chi connectivity index (χ2v) is 4.84. The van der Waals surface area contributed by atoms with Crippen LogP contribution in [-0.2, 0) is 32.6 Å². The summed E-state index contributed by atoms with van der Waals surface area (Å²) < 4.78 is 0. The molecule has 0 bridgehead atoms. The van der Waals surface area contributed by atoms with Crippen molar-refractivity contribution in [2.45, 2.75) is 20.3 Å². The third-order valence-electron chi connectivity index (χ3n) is 3.66. The van der Waals surface area contributed by atoms with Gasteiger partial charge in [0.2, 0.25) is 0 Å². The summed E-state index contributed by atoms with van der Waals surface area (Å²) in [5.74, 6) is 0. The van der Waals surface area contributed by atoms with Crippen molar-refractivity contribution < 1.29 is 26.2 Å². The van der Waals surface area contributed by atoms with Gasteiger partial charge in [-0.15, -0.1) is 58.8 Å². The summed E-state index contributed by atoms with van der Waals surface area (Å²) >= 11 is 0. The van der Waals surface area contributed by atoms with Gasteiger partial charge in [-0.05, 0) is 12.0 Å². The van der Waals surface area contributed by atoms with Crippen LogP contribution in [-0.4, -0.2) is 0 Å². The molecule has 0 aromatic heterocycles. The van der Waals surface area contributed by atoms with Crippen LogP contribution in [0.5, 0.6) is 0 Å². The van der Waals surface area contributed by atoms with Crippen molar-refractivity contribution in [1.82, 2.24) is 0 Å². The van der Waals surface area contributed by atoms with Gasteiger partial charge in [0.15, 0.2) is 0 Å². The van der Waals surface area contributed by atoms with E-state index in [1.165, 1.54) is 33.0 Å². The first kappa shape index (κ1) is 20.5. The van der Waals surface area contributed by atoms with E-state index in [1.54, 1.807) is 0 Å². The van der Waals surface area contributed by atoms with Gasteiger partial charge < -0.3 is 0 Å². The third kappa shape index (κ3) is 4.03. The van der Waals surface area contributed by atoms with Crippen LogP contribution in [0.1, 0.15) is 18.1 Å². The maximum absolute atomic E-state index is 2.34. The molecule has 3 rings (SSSR count). The smallest absolute Gasteiger partial charge is 0 e. The van der Waals surface area contributed by atoms with E-state index < -0.39 is 0 Å². The van der Waals surface area contributed by atoms with Crippen molar-refractivity contribution in [2.75, 3.05) is 0 Å². The Hall–Kier alpha value is -0.487. The standard InChI is InChI=1S/C18H17.2ClH.Zr/c1-3-14-11-17-13(2)9-10-16(18(17)12-14)15-7-5-4-6-8-15;;;/h4-12H,3H2,1-2H3;2*1H;/q-1;;;. The molecule has 110 valence electrons. The van der Waals surface area contributed by atoms with Crippen LogP contribution in [0, 0.1) is 6.92 Å². The van der Waals surface area contributed by atoms with Crippen LogP contribution in [0.3, 0.4) is 0 Å². The number of hydrogen-bond acceptors (Lipinski definition) is 0. The van der Waals surface area contributed by atoms with Crippen LogP contribution in [0.15, 0.2) is 54.6 Å². The van der Waals surface area contributed by atoms with Gasteiger partial charge in [0.1, 0.15) is 0 Å². The molecule has 0 saturated carbocycles. The summed E-state index contributed by atoms with van der Waals surface area (Å²) in [4.78, 5) is 0. The predicted octanol–water partition coefficient (Wildman–Crippen LogP) is 5.94. The third-order valence-corrected chi connectivity index (χ3v) is 3.66. The van der Waals surface area contributed by atoms with E-state index in [-0.39, 0.29) is 51.0 Å². The van der Waals surface area contributed by atoms with E-state index in [0.29, 0.717) is 0 Å². The van der Waals surface area contributed by atoms with Gasteiger partial charge in [-0.3, -0.25) is 0 Å². The molecule has 0 saturated heterocycles. The molecule has 3 heteroatoms. The number of halogens is 2. The minimum Gasteiger partial charge on any atom is -0.164 e. The van der Waals surface area contributed by atoms with Gasteiger partial charge in [-0.25, -0.2) is 0 Å². The molecule has 0 radical (unpaired) electrons. The normalized spacial score (nSPS) is 9.43. The fourth-order valence-corrected chi connectivity index (χ4v) is 2.58. The molecule has 0 nitrogen and oxygen atoms in total. The summed E-state index contributed by atoms with van der Waals surface area (Å²) in [6.45, 7) is 4.41. The van der Waals surface area contributed by atoms with Gasteiger partial charge in [0.05, 0.1) is 0 Å². The van der Waals surface area contributed by atoms with E-state index in [1.807, 2.05) is 0 Å². The molecule has 21 heavy (non-hydrogen) atoms. The Bertz CT molecular complexity index is 687. The summed E-state index contributed by atoms with van der Waals surface area (Å²) in [5, 5.41) is 2.78. The Morgan fingerprint density at radius 1 is 0.952 bits per heavy atom. The second kappa shape index (κ2) is 8.83. The Kier molecular flexibility index (Phi) is 8.63. The molecule has 0 atom stereocenters. The predicted molar refractivity (Wildman–Crippen MR) is 93.6 cm³/mol. The molecule has 0 heterocycles. The first-order valence-corrected chi connectivity index (χ1v) is 6.54. The van der Waals surface area contributed by atoms with E-state index >= 15 is 0 Å². The zero-order valence-electron chi connectivity index (χ0n) is 12.2. The first-order chi connectivity index (χ1) is 8.79. The Labute approximate surface area is 158 Å². The van der Waals surface area contributed by atoms with E-state index in [2.05, 4.69) is 68.4 Å². The fraction of sp³-hybridized carbons (Fsp3) is 0.167. The van der Waals surface area contributed by atoms with E-state index in [9.17, 15) is 0 Å². The van der Waals surface area contributed by atoms with Crippen molar-refractivity contribution in [2.24, 2.45) is 0 Å². The van der Waals surface area contributed by atoms with Crippen molar-refractivity contribution in [3.63, 3.8) is 0 Å². The number of aryl methyl sites for hydroxylation is 2. The minimum absolute atomic E-state index is 0. The van der Waals surface area contributed by atoms with Crippen LogP contribution >= 0.6 is 24.8 Å². The molecule has 3 aromatic rings. The average Bonchev–Trinajstić information content (AvgIpc) is 2.85. The molecule has 0 fully saturated rings. The monoisotopic (exact) mass is 395 g/mol. The maximum atomic E-state index is 2.34. The first-order valence-electron chi connectivity index (χ1n) is 6.54. The Balaban J connectivity index is 0.00000133. The molecule has 0 unspecified atom stereocenters. The Morgan fingerprint density at radius 3 is 2.24 bits per heavy atom. The molecule has 0 amide bonds. The minimum atomic E-state index is 0. The van der Waals surface area contributed by atoms with Gasteiger partial charge in [-0.2, -0.15) is 6.07 Å². The second-order valence-electron chi connectivity index (χ2n) is 4.84. The summed E-state index contributed by atoms with van der Waals surface area (Å²) in [6.07, 6.45) is 1.10. The molecule has 0 aliphatic rings. The van der Waals surface area contributed by atoms with Crippen molar-refractivity contribution in [3.05, 3.63) is 65.7 Å². The van der Waals surface area contributed by atoms with Crippen LogP contribution in [0.4, 0.5) is 0 Å². The molecular formula is C18H19Cl2Zr-. The van der Waals surface area contributed by atoms with Crippen LogP contribution < -0.4 is 0 Å². The summed E-state index contributed by atoms with van der Waals surface area (Å²) in [7, 11) is 0. The molecule has 0 aliphatic carbocycles. The molecule has 3 aromatic carbocycles. The van der Waals surface area contributed by atoms with E-state index in [0.717, 1.165) is 6.42 Å². The number of fused-ring (bicyclic) bond motifs is 1. The molecule has 0 N–H and O–H groups in total. The summed E-state index contributed by atoms with van der Waals surface area (Å²) in [6, 6.07) is 19.8. The summed E-state index contributed by atoms with van der Waals surface area (Å²) in [5.41, 5.74) is 5.44. The van der Waals surface area contributed by atoms with Gasteiger partial charge >= 0.3 is 0 Å².